The predicted molar refractivity (Wildman–Crippen MR) is 71.8 cm³/mol. The summed E-state index contributed by atoms with van der Waals surface area (Å²) < 4.78 is 43.5. The Balaban J connectivity index is 2.11. The van der Waals surface area contributed by atoms with Crippen LogP contribution >= 0.6 is 0 Å². The molecule has 6 heteroatoms. The number of para-hydroxylation sites is 1. The molecule has 0 aliphatic heterocycles. The summed E-state index contributed by atoms with van der Waals surface area (Å²) in [5.41, 5.74) is 0.227. The molecule has 2 aromatic rings. The standard InChI is InChI=1S/C15H12F3NO2/c16-15(17,18)13(11-7-3-1-4-8-11)21-14(20)19-12-9-5-2-6-10-12/h1-10,13H,(H,19,20). The van der Waals surface area contributed by atoms with Gasteiger partial charge < -0.3 is 4.74 Å². The molecule has 0 aromatic heterocycles. The molecule has 0 radical (unpaired) electrons. The van der Waals surface area contributed by atoms with Gasteiger partial charge in [-0.15, -0.1) is 0 Å². The van der Waals surface area contributed by atoms with Crippen LogP contribution in [0.5, 0.6) is 0 Å². The van der Waals surface area contributed by atoms with Gasteiger partial charge in [0.25, 0.3) is 0 Å². The zero-order chi connectivity index (χ0) is 15.3. The number of alkyl halides is 3. The maximum Gasteiger partial charge on any atom is 0.429 e. The van der Waals surface area contributed by atoms with Crippen LogP contribution in [0, 0.1) is 0 Å². The van der Waals surface area contributed by atoms with E-state index in [9.17, 15) is 18.0 Å². The number of anilines is 1. The zero-order valence-corrected chi connectivity index (χ0v) is 10.8. The first-order valence-corrected chi connectivity index (χ1v) is 6.11. The van der Waals surface area contributed by atoms with Crippen LogP contribution in [0.15, 0.2) is 60.7 Å². The lowest BCUT2D eigenvalue weighted by Crippen LogP contribution is -2.28. The van der Waals surface area contributed by atoms with Crippen LogP contribution in [0.4, 0.5) is 23.7 Å². The van der Waals surface area contributed by atoms with Gasteiger partial charge in [-0.2, -0.15) is 13.2 Å². The minimum absolute atomic E-state index is 0.131. The fourth-order valence-electron chi connectivity index (χ4n) is 1.73. The summed E-state index contributed by atoms with van der Waals surface area (Å²) in [6, 6.07) is 15.1. The van der Waals surface area contributed by atoms with E-state index in [4.69, 9.17) is 0 Å². The van der Waals surface area contributed by atoms with Gasteiger partial charge in [-0.05, 0) is 12.1 Å². The van der Waals surface area contributed by atoms with E-state index in [1.54, 1.807) is 36.4 Å². The Morgan fingerprint density at radius 2 is 1.48 bits per heavy atom. The number of carbonyl (C=O) groups is 1. The van der Waals surface area contributed by atoms with Crippen LogP contribution in [0.3, 0.4) is 0 Å². The molecule has 3 nitrogen and oxygen atoms in total. The van der Waals surface area contributed by atoms with Crippen molar-refractivity contribution in [3.8, 4) is 0 Å². The van der Waals surface area contributed by atoms with Crippen LogP contribution in [0.1, 0.15) is 11.7 Å². The maximum atomic E-state index is 13.0. The van der Waals surface area contributed by atoms with Crippen molar-refractivity contribution in [2.24, 2.45) is 0 Å². The summed E-state index contributed by atoms with van der Waals surface area (Å²) in [7, 11) is 0. The monoisotopic (exact) mass is 295 g/mol. The third kappa shape index (κ3) is 4.24. The lowest BCUT2D eigenvalue weighted by atomic mass is 10.1. The minimum atomic E-state index is -4.69. The van der Waals surface area contributed by atoms with Gasteiger partial charge in [-0.3, -0.25) is 5.32 Å². The summed E-state index contributed by atoms with van der Waals surface area (Å²) >= 11 is 0. The average molecular weight is 295 g/mol. The Bertz CT molecular complexity index is 585. The van der Waals surface area contributed by atoms with Crippen molar-refractivity contribution < 1.29 is 22.7 Å². The second-order valence-electron chi connectivity index (χ2n) is 4.23. The minimum Gasteiger partial charge on any atom is -0.431 e. The van der Waals surface area contributed by atoms with Crippen molar-refractivity contribution in [1.29, 1.82) is 0 Å². The van der Waals surface area contributed by atoms with Gasteiger partial charge in [0.2, 0.25) is 6.10 Å². The summed E-state index contributed by atoms with van der Waals surface area (Å²) in [6.45, 7) is 0. The fraction of sp³-hybridized carbons (Fsp3) is 0.133. The maximum absolute atomic E-state index is 13.0. The van der Waals surface area contributed by atoms with Crippen LogP contribution in [0.25, 0.3) is 0 Å². The van der Waals surface area contributed by atoms with E-state index >= 15 is 0 Å². The molecule has 0 saturated heterocycles. The molecule has 0 spiro atoms. The van der Waals surface area contributed by atoms with E-state index in [1.807, 2.05) is 0 Å². The van der Waals surface area contributed by atoms with Gasteiger partial charge in [0.05, 0.1) is 0 Å². The Kier molecular flexibility index (Phi) is 4.47. The van der Waals surface area contributed by atoms with Crippen LogP contribution in [0.2, 0.25) is 0 Å². The number of hydrogen-bond donors (Lipinski definition) is 1. The lowest BCUT2D eigenvalue weighted by Gasteiger charge is -2.21. The van der Waals surface area contributed by atoms with Crippen molar-refractivity contribution in [1.82, 2.24) is 0 Å². The van der Waals surface area contributed by atoms with Crippen molar-refractivity contribution in [3.63, 3.8) is 0 Å². The van der Waals surface area contributed by atoms with Gasteiger partial charge in [0, 0.05) is 11.3 Å². The van der Waals surface area contributed by atoms with Crippen LogP contribution in [-0.2, 0) is 4.74 Å². The fourth-order valence-corrected chi connectivity index (χ4v) is 1.73. The topological polar surface area (TPSA) is 38.3 Å². The summed E-state index contributed by atoms with van der Waals surface area (Å²) in [6.07, 6.45) is -8.15. The first-order valence-electron chi connectivity index (χ1n) is 6.11. The molecule has 0 aliphatic rings. The highest BCUT2D eigenvalue weighted by atomic mass is 19.4. The third-order valence-corrected chi connectivity index (χ3v) is 2.64. The number of halogens is 3. The van der Waals surface area contributed by atoms with Gasteiger partial charge in [-0.1, -0.05) is 48.5 Å². The van der Waals surface area contributed by atoms with Gasteiger partial charge in [0.15, 0.2) is 0 Å². The number of amides is 1. The number of carbonyl (C=O) groups excluding carboxylic acids is 1. The quantitative estimate of drug-likeness (QED) is 0.902. The first-order chi connectivity index (χ1) is 9.97. The lowest BCUT2D eigenvalue weighted by molar-refractivity contribution is -0.205. The summed E-state index contributed by atoms with van der Waals surface area (Å²) in [5, 5.41) is 2.25. The number of hydrogen-bond acceptors (Lipinski definition) is 2. The molecular formula is C15H12F3NO2. The van der Waals surface area contributed by atoms with Crippen LogP contribution < -0.4 is 5.32 Å². The number of rotatable bonds is 3. The van der Waals surface area contributed by atoms with Gasteiger partial charge >= 0.3 is 12.3 Å². The Morgan fingerprint density at radius 3 is 2.00 bits per heavy atom. The molecule has 2 aromatic carbocycles. The largest absolute Gasteiger partial charge is 0.431 e. The SMILES string of the molecule is O=C(Nc1ccccc1)OC(c1ccccc1)C(F)(F)F. The van der Waals surface area contributed by atoms with Gasteiger partial charge in [0.1, 0.15) is 0 Å². The van der Waals surface area contributed by atoms with Crippen LogP contribution in [-0.4, -0.2) is 12.3 Å². The van der Waals surface area contributed by atoms with Crippen molar-refractivity contribution in [3.05, 3.63) is 66.2 Å². The van der Waals surface area contributed by atoms with Crippen molar-refractivity contribution in [2.45, 2.75) is 12.3 Å². The molecule has 0 bridgehead atoms. The Hall–Kier alpha value is -2.50. The molecule has 1 N–H and O–H groups in total. The zero-order valence-electron chi connectivity index (χ0n) is 10.8. The van der Waals surface area contributed by atoms with E-state index in [-0.39, 0.29) is 5.56 Å². The average Bonchev–Trinajstić information content (AvgIpc) is 2.45. The third-order valence-electron chi connectivity index (χ3n) is 2.64. The predicted octanol–water partition coefficient (Wildman–Crippen LogP) is 4.54. The van der Waals surface area contributed by atoms with E-state index in [0.717, 1.165) is 0 Å². The molecule has 21 heavy (non-hydrogen) atoms. The Morgan fingerprint density at radius 1 is 0.952 bits per heavy atom. The molecule has 1 amide bonds. The molecule has 0 saturated carbocycles. The number of nitrogens with one attached hydrogen (secondary N) is 1. The highest BCUT2D eigenvalue weighted by Crippen LogP contribution is 2.35. The van der Waals surface area contributed by atoms with Crippen molar-refractivity contribution in [2.75, 3.05) is 5.32 Å². The van der Waals surface area contributed by atoms with E-state index in [1.165, 1.54) is 24.3 Å². The van der Waals surface area contributed by atoms with E-state index in [0.29, 0.717) is 5.69 Å². The molecule has 2 rings (SSSR count). The van der Waals surface area contributed by atoms with E-state index in [2.05, 4.69) is 10.1 Å². The molecule has 0 aliphatic carbocycles. The second kappa shape index (κ2) is 6.30. The molecular weight excluding hydrogens is 283 g/mol. The molecule has 1 atom stereocenters. The smallest absolute Gasteiger partial charge is 0.429 e. The summed E-state index contributed by atoms with van der Waals surface area (Å²) in [5.74, 6) is 0. The molecule has 0 heterocycles. The van der Waals surface area contributed by atoms with Gasteiger partial charge in [-0.25, -0.2) is 4.79 Å². The number of benzene rings is 2. The first kappa shape index (κ1) is 14.9. The number of ether oxygens (including phenoxy) is 1. The molecule has 1 unspecified atom stereocenters. The highest BCUT2D eigenvalue weighted by Gasteiger charge is 2.44. The van der Waals surface area contributed by atoms with Crippen molar-refractivity contribution >= 4 is 11.8 Å². The normalized spacial score (nSPS) is 12.5. The van der Waals surface area contributed by atoms with E-state index < -0.39 is 18.4 Å². The molecule has 0 fully saturated rings. The Labute approximate surface area is 119 Å². The second-order valence-corrected chi connectivity index (χ2v) is 4.23. The highest BCUT2D eigenvalue weighted by molar-refractivity contribution is 5.84. The molecule has 110 valence electrons. The summed E-state index contributed by atoms with van der Waals surface area (Å²) in [4.78, 5) is 11.6.